The molecule has 0 saturated heterocycles. The Morgan fingerprint density at radius 2 is 1.62 bits per heavy atom. The van der Waals surface area contributed by atoms with Crippen LogP contribution >= 0.6 is 0 Å². The summed E-state index contributed by atoms with van der Waals surface area (Å²) in [6, 6.07) is 17.5. The van der Waals surface area contributed by atoms with E-state index in [1.807, 2.05) is 61.6 Å². The molecular formula is C17H15N3O. The standard InChI is InChI=1S/C17H15N3O/c1-18-17-16(19-10-11-20-17)13-6-5-9-15(12-13)21-14-7-3-2-4-8-14/h2-12H,1H3,(H,18,20). The molecule has 3 aromatic rings. The third kappa shape index (κ3) is 3.00. The van der Waals surface area contributed by atoms with Gasteiger partial charge in [0.05, 0.1) is 0 Å². The molecule has 104 valence electrons. The lowest BCUT2D eigenvalue weighted by molar-refractivity contribution is 0.483. The van der Waals surface area contributed by atoms with Crippen molar-refractivity contribution in [1.29, 1.82) is 0 Å². The highest BCUT2D eigenvalue weighted by molar-refractivity contribution is 5.71. The third-order valence-electron chi connectivity index (χ3n) is 3.02. The van der Waals surface area contributed by atoms with Gasteiger partial charge in [0.25, 0.3) is 0 Å². The number of benzene rings is 2. The number of hydrogen-bond donors (Lipinski definition) is 1. The molecule has 0 aliphatic rings. The highest BCUT2D eigenvalue weighted by Crippen LogP contribution is 2.28. The fourth-order valence-corrected chi connectivity index (χ4v) is 2.06. The molecule has 3 rings (SSSR count). The van der Waals surface area contributed by atoms with Gasteiger partial charge in [-0.25, -0.2) is 4.98 Å². The van der Waals surface area contributed by atoms with Crippen molar-refractivity contribution in [1.82, 2.24) is 9.97 Å². The molecule has 0 fully saturated rings. The molecule has 0 aliphatic heterocycles. The fourth-order valence-electron chi connectivity index (χ4n) is 2.06. The Labute approximate surface area is 123 Å². The van der Waals surface area contributed by atoms with E-state index in [0.717, 1.165) is 28.6 Å². The number of nitrogens with zero attached hydrogens (tertiary/aromatic N) is 2. The Hall–Kier alpha value is -2.88. The maximum Gasteiger partial charge on any atom is 0.152 e. The highest BCUT2D eigenvalue weighted by atomic mass is 16.5. The number of ether oxygens (including phenoxy) is 1. The number of anilines is 1. The van der Waals surface area contributed by atoms with Crippen molar-refractivity contribution in [3.8, 4) is 22.8 Å². The van der Waals surface area contributed by atoms with Crippen LogP contribution in [0.5, 0.6) is 11.5 Å². The molecule has 21 heavy (non-hydrogen) atoms. The van der Waals surface area contributed by atoms with E-state index in [-0.39, 0.29) is 0 Å². The van der Waals surface area contributed by atoms with E-state index in [1.54, 1.807) is 12.4 Å². The summed E-state index contributed by atoms with van der Waals surface area (Å²) in [6.45, 7) is 0. The molecule has 0 atom stereocenters. The van der Waals surface area contributed by atoms with Gasteiger partial charge in [0, 0.05) is 25.0 Å². The van der Waals surface area contributed by atoms with Crippen LogP contribution in [-0.4, -0.2) is 17.0 Å². The zero-order valence-electron chi connectivity index (χ0n) is 11.7. The van der Waals surface area contributed by atoms with Gasteiger partial charge in [0.1, 0.15) is 17.2 Å². The van der Waals surface area contributed by atoms with Crippen LogP contribution in [0.25, 0.3) is 11.3 Å². The molecule has 0 radical (unpaired) electrons. The Balaban J connectivity index is 1.93. The first-order valence-corrected chi connectivity index (χ1v) is 6.69. The minimum atomic E-state index is 0.745. The lowest BCUT2D eigenvalue weighted by Gasteiger charge is -2.09. The van der Waals surface area contributed by atoms with Crippen LogP contribution in [0.3, 0.4) is 0 Å². The molecule has 0 saturated carbocycles. The van der Waals surface area contributed by atoms with Crippen LogP contribution in [0.1, 0.15) is 0 Å². The molecule has 1 heterocycles. The fraction of sp³-hybridized carbons (Fsp3) is 0.0588. The Morgan fingerprint density at radius 3 is 2.43 bits per heavy atom. The molecule has 0 spiro atoms. The molecule has 0 unspecified atom stereocenters. The van der Waals surface area contributed by atoms with Gasteiger partial charge in [-0.05, 0) is 24.3 Å². The molecule has 2 aromatic carbocycles. The average Bonchev–Trinajstić information content (AvgIpc) is 2.56. The molecule has 0 aliphatic carbocycles. The summed E-state index contributed by atoms with van der Waals surface area (Å²) >= 11 is 0. The van der Waals surface area contributed by atoms with Crippen molar-refractivity contribution >= 4 is 5.82 Å². The number of rotatable bonds is 4. The van der Waals surface area contributed by atoms with Gasteiger partial charge in [-0.2, -0.15) is 0 Å². The van der Waals surface area contributed by atoms with Crippen LogP contribution in [0.15, 0.2) is 67.0 Å². The lowest BCUT2D eigenvalue weighted by atomic mass is 10.1. The number of hydrogen-bond acceptors (Lipinski definition) is 4. The largest absolute Gasteiger partial charge is 0.457 e. The summed E-state index contributed by atoms with van der Waals surface area (Å²) in [7, 11) is 1.83. The summed E-state index contributed by atoms with van der Waals surface area (Å²) in [6.07, 6.45) is 3.35. The second-order valence-corrected chi connectivity index (χ2v) is 4.45. The SMILES string of the molecule is CNc1nccnc1-c1cccc(Oc2ccccc2)c1. The van der Waals surface area contributed by atoms with Crippen molar-refractivity contribution in [2.24, 2.45) is 0 Å². The highest BCUT2D eigenvalue weighted by Gasteiger charge is 2.07. The zero-order chi connectivity index (χ0) is 14.5. The second kappa shape index (κ2) is 6.05. The zero-order valence-corrected chi connectivity index (χ0v) is 11.7. The van der Waals surface area contributed by atoms with Crippen molar-refractivity contribution in [2.75, 3.05) is 12.4 Å². The predicted molar refractivity (Wildman–Crippen MR) is 83.5 cm³/mol. The van der Waals surface area contributed by atoms with E-state index < -0.39 is 0 Å². The van der Waals surface area contributed by atoms with Gasteiger partial charge in [-0.15, -0.1) is 0 Å². The summed E-state index contributed by atoms with van der Waals surface area (Å²) in [5.41, 5.74) is 1.76. The van der Waals surface area contributed by atoms with E-state index in [0.29, 0.717) is 0 Å². The second-order valence-electron chi connectivity index (χ2n) is 4.45. The van der Waals surface area contributed by atoms with E-state index >= 15 is 0 Å². The third-order valence-corrected chi connectivity index (χ3v) is 3.02. The van der Waals surface area contributed by atoms with Crippen molar-refractivity contribution in [3.63, 3.8) is 0 Å². The number of nitrogens with one attached hydrogen (secondary N) is 1. The first kappa shape index (κ1) is 13.1. The minimum Gasteiger partial charge on any atom is -0.457 e. The van der Waals surface area contributed by atoms with Gasteiger partial charge in [0.15, 0.2) is 5.82 Å². The van der Waals surface area contributed by atoms with Crippen LogP contribution in [0.2, 0.25) is 0 Å². The van der Waals surface area contributed by atoms with E-state index in [9.17, 15) is 0 Å². The van der Waals surface area contributed by atoms with Crippen LogP contribution < -0.4 is 10.1 Å². The van der Waals surface area contributed by atoms with Crippen molar-refractivity contribution < 1.29 is 4.74 Å². The molecule has 0 amide bonds. The van der Waals surface area contributed by atoms with Crippen LogP contribution in [0, 0.1) is 0 Å². The normalized spacial score (nSPS) is 10.1. The summed E-state index contributed by atoms with van der Waals surface area (Å²) in [5, 5.41) is 3.05. The molecule has 4 nitrogen and oxygen atoms in total. The predicted octanol–water partition coefficient (Wildman–Crippen LogP) is 3.98. The van der Waals surface area contributed by atoms with Gasteiger partial charge >= 0.3 is 0 Å². The van der Waals surface area contributed by atoms with Crippen molar-refractivity contribution in [3.05, 3.63) is 67.0 Å². The number of para-hydroxylation sites is 1. The van der Waals surface area contributed by atoms with Crippen molar-refractivity contribution in [2.45, 2.75) is 0 Å². The first-order valence-electron chi connectivity index (χ1n) is 6.69. The summed E-state index contributed by atoms with van der Waals surface area (Å²) < 4.78 is 5.85. The number of aromatic nitrogens is 2. The van der Waals surface area contributed by atoms with E-state index in [4.69, 9.17) is 4.74 Å². The monoisotopic (exact) mass is 277 g/mol. The maximum atomic E-state index is 5.85. The topological polar surface area (TPSA) is 47.0 Å². The average molecular weight is 277 g/mol. The summed E-state index contributed by atoms with van der Waals surface area (Å²) in [4.78, 5) is 8.66. The Bertz CT molecular complexity index is 729. The van der Waals surface area contributed by atoms with E-state index in [2.05, 4.69) is 15.3 Å². The Morgan fingerprint density at radius 1 is 0.857 bits per heavy atom. The quantitative estimate of drug-likeness (QED) is 0.783. The van der Waals surface area contributed by atoms with Crippen LogP contribution in [0.4, 0.5) is 5.82 Å². The van der Waals surface area contributed by atoms with Gasteiger partial charge < -0.3 is 10.1 Å². The molecule has 1 aromatic heterocycles. The molecule has 1 N–H and O–H groups in total. The molecule has 4 heteroatoms. The smallest absolute Gasteiger partial charge is 0.152 e. The maximum absolute atomic E-state index is 5.85. The minimum absolute atomic E-state index is 0.745. The van der Waals surface area contributed by atoms with Gasteiger partial charge in [0.2, 0.25) is 0 Å². The van der Waals surface area contributed by atoms with E-state index in [1.165, 1.54) is 0 Å². The first-order chi connectivity index (χ1) is 10.4. The summed E-state index contributed by atoms with van der Waals surface area (Å²) in [5.74, 6) is 2.32. The van der Waals surface area contributed by atoms with Gasteiger partial charge in [-0.1, -0.05) is 30.3 Å². The Kier molecular flexibility index (Phi) is 3.78. The van der Waals surface area contributed by atoms with Crippen LogP contribution in [-0.2, 0) is 0 Å². The van der Waals surface area contributed by atoms with Gasteiger partial charge in [-0.3, -0.25) is 4.98 Å². The molecular weight excluding hydrogens is 262 g/mol. The molecule has 0 bridgehead atoms. The lowest BCUT2D eigenvalue weighted by Crippen LogP contribution is -1.97.